The van der Waals surface area contributed by atoms with Crippen LogP contribution >= 0.6 is 0 Å². The molecule has 154 valence electrons. The summed E-state index contributed by atoms with van der Waals surface area (Å²) in [4.78, 5) is 22.0. The van der Waals surface area contributed by atoms with Crippen molar-refractivity contribution >= 4 is 27.5 Å². The standard InChI is InChI=1S/C20H25N5O3S/c1-14(26)25-11-9-16(10-12-25)19-13-17(23-20(21)24-19)4-2-3-15-5-7-18(8-6-15)29(22,27)28/h5-9,13H,2-4,10-12H2,1H3,(H2,21,23,24)(H2,22,27,28). The zero-order valence-corrected chi connectivity index (χ0v) is 17.2. The Morgan fingerprint density at radius 3 is 2.48 bits per heavy atom. The third-order valence-electron chi connectivity index (χ3n) is 4.93. The lowest BCUT2D eigenvalue weighted by molar-refractivity contribution is -0.128. The summed E-state index contributed by atoms with van der Waals surface area (Å²) in [5.41, 5.74) is 9.68. The Hall–Kier alpha value is -2.78. The van der Waals surface area contributed by atoms with Crippen LogP contribution in [-0.2, 0) is 27.7 Å². The average molecular weight is 416 g/mol. The van der Waals surface area contributed by atoms with Crippen LogP contribution in [0.25, 0.3) is 5.57 Å². The lowest BCUT2D eigenvalue weighted by atomic mass is 10.0. The van der Waals surface area contributed by atoms with E-state index >= 15 is 0 Å². The molecule has 0 bridgehead atoms. The Balaban J connectivity index is 1.63. The molecule has 9 heteroatoms. The van der Waals surface area contributed by atoms with Gasteiger partial charge in [0, 0.05) is 25.7 Å². The molecule has 0 radical (unpaired) electrons. The molecule has 1 aliphatic heterocycles. The highest BCUT2D eigenvalue weighted by Crippen LogP contribution is 2.22. The predicted octanol–water partition coefficient (Wildman–Crippen LogP) is 1.52. The van der Waals surface area contributed by atoms with Crippen molar-refractivity contribution in [3.8, 4) is 0 Å². The second-order valence-electron chi connectivity index (χ2n) is 7.09. The Morgan fingerprint density at radius 2 is 1.90 bits per heavy atom. The molecule has 0 unspecified atom stereocenters. The van der Waals surface area contributed by atoms with Gasteiger partial charge >= 0.3 is 0 Å². The molecule has 0 atom stereocenters. The monoisotopic (exact) mass is 415 g/mol. The van der Waals surface area contributed by atoms with Gasteiger partial charge < -0.3 is 10.6 Å². The fourth-order valence-electron chi connectivity index (χ4n) is 3.32. The number of benzene rings is 1. The van der Waals surface area contributed by atoms with Crippen LogP contribution in [0.1, 0.15) is 36.7 Å². The minimum Gasteiger partial charge on any atom is -0.368 e. The minimum absolute atomic E-state index is 0.0697. The van der Waals surface area contributed by atoms with Crippen molar-refractivity contribution in [1.82, 2.24) is 14.9 Å². The molecule has 8 nitrogen and oxygen atoms in total. The number of nitrogens with zero attached hydrogens (tertiary/aromatic N) is 3. The maximum absolute atomic E-state index is 11.5. The van der Waals surface area contributed by atoms with Crippen LogP contribution in [0.3, 0.4) is 0 Å². The number of primary sulfonamides is 1. The highest BCUT2D eigenvalue weighted by Gasteiger charge is 2.16. The molecule has 29 heavy (non-hydrogen) atoms. The number of carbonyl (C=O) groups excluding carboxylic acids is 1. The first-order chi connectivity index (χ1) is 13.7. The van der Waals surface area contributed by atoms with Gasteiger partial charge in [-0.2, -0.15) is 0 Å². The molecule has 1 aliphatic rings. The van der Waals surface area contributed by atoms with E-state index in [2.05, 4.69) is 9.97 Å². The van der Waals surface area contributed by atoms with E-state index in [1.165, 1.54) is 12.1 Å². The first-order valence-corrected chi connectivity index (χ1v) is 11.0. The van der Waals surface area contributed by atoms with Gasteiger partial charge in [0.05, 0.1) is 10.6 Å². The molecule has 0 aliphatic carbocycles. The maximum atomic E-state index is 11.5. The summed E-state index contributed by atoms with van der Waals surface area (Å²) in [5.74, 6) is 0.310. The molecule has 0 fully saturated rings. The van der Waals surface area contributed by atoms with E-state index in [0.29, 0.717) is 13.1 Å². The van der Waals surface area contributed by atoms with Crippen molar-refractivity contribution in [3.05, 3.63) is 53.4 Å². The minimum atomic E-state index is -3.67. The quantitative estimate of drug-likeness (QED) is 0.735. The Kier molecular flexibility index (Phi) is 6.29. The van der Waals surface area contributed by atoms with Gasteiger partial charge in [0.15, 0.2) is 0 Å². The number of anilines is 1. The second-order valence-corrected chi connectivity index (χ2v) is 8.65. The van der Waals surface area contributed by atoms with Crippen molar-refractivity contribution < 1.29 is 13.2 Å². The lowest BCUT2D eigenvalue weighted by Gasteiger charge is -2.25. The number of nitrogens with two attached hydrogens (primary N) is 2. The van der Waals surface area contributed by atoms with Crippen LogP contribution in [-0.4, -0.2) is 42.3 Å². The summed E-state index contributed by atoms with van der Waals surface area (Å²) in [7, 11) is -3.67. The number of hydrogen-bond acceptors (Lipinski definition) is 6. The Morgan fingerprint density at radius 1 is 1.17 bits per heavy atom. The average Bonchev–Trinajstić information content (AvgIpc) is 2.67. The van der Waals surface area contributed by atoms with E-state index in [1.807, 2.05) is 12.1 Å². The number of sulfonamides is 1. The van der Waals surface area contributed by atoms with E-state index < -0.39 is 10.0 Å². The fraction of sp³-hybridized carbons (Fsp3) is 0.350. The lowest BCUT2D eigenvalue weighted by Crippen LogP contribution is -2.32. The first-order valence-electron chi connectivity index (χ1n) is 9.42. The highest BCUT2D eigenvalue weighted by atomic mass is 32.2. The Labute approximate surface area is 170 Å². The van der Waals surface area contributed by atoms with Crippen LogP contribution in [0.5, 0.6) is 0 Å². The SMILES string of the molecule is CC(=O)N1CC=C(c2cc(CCCc3ccc(S(N)(=O)=O)cc3)nc(N)n2)CC1. The maximum Gasteiger partial charge on any atom is 0.238 e. The molecule has 1 aromatic carbocycles. The topological polar surface area (TPSA) is 132 Å². The summed E-state index contributed by atoms with van der Waals surface area (Å²) in [5, 5.41) is 5.12. The van der Waals surface area contributed by atoms with Crippen molar-refractivity contribution in [2.24, 2.45) is 5.14 Å². The molecule has 1 amide bonds. The first kappa shape index (κ1) is 20.9. The van der Waals surface area contributed by atoms with E-state index in [4.69, 9.17) is 10.9 Å². The number of amides is 1. The van der Waals surface area contributed by atoms with E-state index in [0.717, 1.165) is 48.2 Å². The molecular weight excluding hydrogens is 390 g/mol. The van der Waals surface area contributed by atoms with Gasteiger partial charge in [-0.3, -0.25) is 4.79 Å². The van der Waals surface area contributed by atoms with Crippen LogP contribution in [0.2, 0.25) is 0 Å². The molecule has 0 spiro atoms. The summed E-state index contributed by atoms with van der Waals surface area (Å²) in [6, 6.07) is 8.53. The fourth-order valence-corrected chi connectivity index (χ4v) is 3.83. The number of carbonyl (C=O) groups is 1. The number of rotatable bonds is 6. The van der Waals surface area contributed by atoms with Gasteiger partial charge in [-0.25, -0.2) is 23.5 Å². The zero-order chi connectivity index (χ0) is 21.0. The van der Waals surface area contributed by atoms with Crippen LogP contribution in [0.4, 0.5) is 5.95 Å². The predicted molar refractivity (Wildman–Crippen MR) is 111 cm³/mol. The van der Waals surface area contributed by atoms with Gasteiger partial charge in [-0.15, -0.1) is 0 Å². The van der Waals surface area contributed by atoms with Gasteiger partial charge in [0.2, 0.25) is 21.9 Å². The highest BCUT2D eigenvalue weighted by molar-refractivity contribution is 7.89. The molecule has 0 saturated carbocycles. The second kappa shape index (κ2) is 8.71. The molecule has 2 aromatic rings. The van der Waals surface area contributed by atoms with Crippen LogP contribution in [0, 0.1) is 0 Å². The normalized spacial score (nSPS) is 14.6. The van der Waals surface area contributed by atoms with Gasteiger partial charge in [0.1, 0.15) is 0 Å². The third-order valence-corrected chi connectivity index (χ3v) is 5.86. The number of nitrogen functional groups attached to an aromatic ring is 1. The summed E-state index contributed by atoms with van der Waals surface area (Å²) in [6.45, 7) is 2.83. The van der Waals surface area contributed by atoms with E-state index in [1.54, 1.807) is 24.0 Å². The van der Waals surface area contributed by atoms with Crippen LogP contribution < -0.4 is 10.9 Å². The molecule has 4 N–H and O–H groups in total. The zero-order valence-electron chi connectivity index (χ0n) is 16.3. The van der Waals surface area contributed by atoms with Crippen molar-refractivity contribution in [2.45, 2.75) is 37.5 Å². The van der Waals surface area contributed by atoms with Crippen molar-refractivity contribution in [1.29, 1.82) is 0 Å². The summed E-state index contributed by atoms with van der Waals surface area (Å²) >= 11 is 0. The molecule has 3 rings (SSSR count). The van der Waals surface area contributed by atoms with Gasteiger partial charge in [-0.1, -0.05) is 18.2 Å². The number of aromatic nitrogens is 2. The largest absolute Gasteiger partial charge is 0.368 e. The summed E-state index contributed by atoms with van der Waals surface area (Å²) < 4.78 is 22.6. The Bertz CT molecular complexity index is 1030. The molecular formula is C20H25N5O3S. The van der Waals surface area contributed by atoms with Crippen molar-refractivity contribution in [3.63, 3.8) is 0 Å². The van der Waals surface area contributed by atoms with E-state index in [9.17, 15) is 13.2 Å². The third kappa shape index (κ3) is 5.61. The van der Waals surface area contributed by atoms with Gasteiger partial charge in [0.25, 0.3) is 0 Å². The van der Waals surface area contributed by atoms with Gasteiger partial charge in [-0.05, 0) is 55.0 Å². The molecule has 2 heterocycles. The smallest absolute Gasteiger partial charge is 0.238 e. The summed E-state index contributed by atoms with van der Waals surface area (Å²) in [6.07, 6.45) is 5.10. The van der Waals surface area contributed by atoms with E-state index in [-0.39, 0.29) is 16.8 Å². The van der Waals surface area contributed by atoms with Crippen LogP contribution in [0.15, 0.2) is 41.3 Å². The number of aryl methyl sites for hydroxylation is 2. The molecule has 1 aromatic heterocycles. The van der Waals surface area contributed by atoms with Crippen molar-refractivity contribution in [2.75, 3.05) is 18.8 Å². The number of hydrogen-bond donors (Lipinski definition) is 2. The molecule has 0 saturated heterocycles.